The molecule has 0 aliphatic carbocycles. The van der Waals surface area contributed by atoms with Gasteiger partial charge in [0.2, 0.25) is 5.89 Å². The lowest BCUT2D eigenvalue weighted by Gasteiger charge is -2.04. The van der Waals surface area contributed by atoms with Crippen LogP contribution in [0.1, 0.15) is 24.1 Å². The first-order valence-corrected chi connectivity index (χ1v) is 6.18. The van der Waals surface area contributed by atoms with Crippen molar-refractivity contribution in [3.8, 4) is 5.75 Å². The number of phenols is 1. The number of aryl methyl sites for hydroxylation is 1. The summed E-state index contributed by atoms with van der Waals surface area (Å²) in [5.41, 5.74) is 1.00. The van der Waals surface area contributed by atoms with E-state index in [4.69, 9.17) is 16.0 Å². The van der Waals surface area contributed by atoms with E-state index in [1.807, 2.05) is 13.0 Å². The van der Waals surface area contributed by atoms with E-state index in [0.717, 1.165) is 17.7 Å². The molecule has 2 rings (SSSR count). The number of benzene rings is 1. The lowest BCUT2D eigenvalue weighted by molar-refractivity contribution is 0.438. The van der Waals surface area contributed by atoms with Crippen LogP contribution in [0.25, 0.3) is 0 Å². The minimum atomic E-state index is 0.0979. The summed E-state index contributed by atoms with van der Waals surface area (Å²) in [7, 11) is 0. The average Bonchev–Trinajstić information content (AvgIpc) is 2.82. The Hall–Kier alpha value is -1.52. The molecule has 4 nitrogen and oxygen atoms in total. The van der Waals surface area contributed by atoms with Gasteiger partial charge >= 0.3 is 0 Å². The molecule has 0 saturated carbocycles. The summed E-state index contributed by atoms with van der Waals surface area (Å²) in [6.07, 6.45) is 2.59. The summed E-state index contributed by atoms with van der Waals surface area (Å²) in [4.78, 5) is 4.15. The summed E-state index contributed by atoms with van der Waals surface area (Å²) in [6, 6.07) is 5.14. The number of nitrogens with zero attached hydrogens (tertiary/aromatic N) is 1. The van der Waals surface area contributed by atoms with E-state index in [1.165, 1.54) is 0 Å². The molecule has 1 aromatic carbocycles. The predicted octanol–water partition coefficient (Wildman–Crippen LogP) is 2.89. The van der Waals surface area contributed by atoms with Gasteiger partial charge in [0.25, 0.3) is 0 Å². The van der Waals surface area contributed by atoms with Crippen molar-refractivity contribution in [2.45, 2.75) is 26.4 Å². The second-order valence-corrected chi connectivity index (χ2v) is 4.37. The third-order valence-electron chi connectivity index (χ3n) is 2.57. The maximum atomic E-state index is 9.30. The van der Waals surface area contributed by atoms with Gasteiger partial charge in [0.15, 0.2) is 0 Å². The van der Waals surface area contributed by atoms with E-state index < -0.39 is 0 Å². The van der Waals surface area contributed by atoms with Gasteiger partial charge < -0.3 is 14.8 Å². The van der Waals surface area contributed by atoms with Gasteiger partial charge in [-0.15, -0.1) is 0 Å². The number of hydrogen-bond acceptors (Lipinski definition) is 4. The summed E-state index contributed by atoms with van der Waals surface area (Å²) in [5, 5.41) is 12.9. The second-order valence-electron chi connectivity index (χ2n) is 3.96. The lowest BCUT2D eigenvalue weighted by Crippen LogP contribution is -2.12. The summed E-state index contributed by atoms with van der Waals surface area (Å²) in [6.45, 7) is 3.23. The normalized spacial score (nSPS) is 10.8. The van der Waals surface area contributed by atoms with E-state index in [-0.39, 0.29) is 5.75 Å². The number of aromatic hydroxyl groups is 1. The predicted molar refractivity (Wildman–Crippen MR) is 69.5 cm³/mol. The van der Waals surface area contributed by atoms with Crippen molar-refractivity contribution in [2.75, 3.05) is 0 Å². The zero-order valence-electron chi connectivity index (χ0n) is 10.1. The molecule has 5 heteroatoms. The van der Waals surface area contributed by atoms with Gasteiger partial charge in [0, 0.05) is 13.0 Å². The molecule has 18 heavy (non-hydrogen) atoms. The van der Waals surface area contributed by atoms with Crippen LogP contribution in [0.15, 0.2) is 28.8 Å². The van der Waals surface area contributed by atoms with Crippen LogP contribution in [-0.2, 0) is 19.5 Å². The van der Waals surface area contributed by atoms with Crippen LogP contribution in [0.3, 0.4) is 0 Å². The van der Waals surface area contributed by atoms with Crippen LogP contribution >= 0.6 is 11.6 Å². The van der Waals surface area contributed by atoms with Gasteiger partial charge in [-0.1, -0.05) is 24.6 Å². The fourth-order valence-corrected chi connectivity index (χ4v) is 1.77. The molecule has 0 amide bonds. The molecule has 0 bridgehead atoms. The molecule has 0 aliphatic heterocycles. The average molecular weight is 267 g/mol. The molecule has 1 aromatic heterocycles. The summed E-state index contributed by atoms with van der Waals surface area (Å²) < 4.78 is 5.47. The van der Waals surface area contributed by atoms with Gasteiger partial charge in [0.05, 0.1) is 17.8 Å². The highest BCUT2D eigenvalue weighted by Gasteiger charge is 2.03. The summed E-state index contributed by atoms with van der Waals surface area (Å²) in [5.74, 6) is 1.66. The molecular formula is C13H15ClN2O2. The van der Waals surface area contributed by atoms with E-state index in [9.17, 15) is 5.11 Å². The number of rotatable bonds is 5. The molecule has 1 heterocycles. The van der Waals surface area contributed by atoms with Crippen molar-refractivity contribution in [3.05, 3.63) is 46.6 Å². The van der Waals surface area contributed by atoms with E-state index in [0.29, 0.717) is 24.0 Å². The van der Waals surface area contributed by atoms with E-state index in [1.54, 1.807) is 18.3 Å². The Balaban J connectivity index is 1.86. The van der Waals surface area contributed by atoms with Gasteiger partial charge in [-0.2, -0.15) is 0 Å². The molecule has 0 radical (unpaired) electrons. The van der Waals surface area contributed by atoms with Gasteiger partial charge in [-0.3, -0.25) is 0 Å². The van der Waals surface area contributed by atoms with Crippen LogP contribution in [0, 0.1) is 0 Å². The first-order valence-electron chi connectivity index (χ1n) is 5.80. The Morgan fingerprint density at radius 3 is 2.89 bits per heavy atom. The Bertz CT molecular complexity index is 525. The molecule has 96 valence electrons. The van der Waals surface area contributed by atoms with Crippen LogP contribution < -0.4 is 5.32 Å². The highest BCUT2D eigenvalue weighted by Crippen LogP contribution is 2.23. The fraction of sp³-hybridized carbons (Fsp3) is 0.308. The topological polar surface area (TPSA) is 58.3 Å². The Kier molecular flexibility index (Phi) is 4.23. The molecule has 0 atom stereocenters. The number of oxazole rings is 1. The lowest BCUT2D eigenvalue weighted by atomic mass is 10.2. The minimum Gasteiger partial charge on any atom is -0.506 e. The molecule has 2 aromatic rings. The number of nitrogens with one attached hydrogen (secondary N) is 1. The van der Waals surface area contributed by atoms with Gasteiger partial charge in [-0.05, 0) is 17.7 Å². The van der Waals surface area contributed by atoms with Crippen molar-refractivity contribution < 1.29 is 9.52 Å². The molecule has 2 N–H and O–H groups in total. The minimum absolute atomic E-state index is 0.0979. The maximum absolute atomic E-state index is 9.30. The number of aromatic nitrogens is 1. The molecule has 0 fully saturated rings. The van der Waals surface area contributed by atoms with Crippen molar-refractivity contribution in [3.63, 3.8) is 0 Å². The molecule has 0 spiro atoms. The highest BCUT2D eigenvalue weighted by atomic mass is 35.5. The van der Waals surface area contributed by atoms with Crippen LogP contribution in [0.4, 0.5) is 0 Å². The molecule has 0 unspecified atom stereocenters. The Morgan fingerprint density at radius 1 is 1.39 bits per heavy atom. The number of halogens is 1. The molecular weight excluding hydrogens is 252 g/mol. The Morgan fingerprint density at radius 2 is 2.22 bits per heavy atom. The van der Waals surface area contributed by atoms with E-state index in [2.05, 4.69) is 10.3 Å². The van der Waals surface area contributed by atoms with Crippen molar-refractivity contribution in [1.82, 2.24) is 10.3 Å². The quantitative estimate of drug-likeness (QED) is 0.874. The molecule has 0 aliphatic rings. The number of phenolic OH excluding ortho intramolecular Hbond substituents is 1. The third kappa shape index (κ3) is 3.24. The monoisotopic (exact) mass is 266 g/mol. The second kappa shape index (κ2) is 5.89. The number of hydrogen-bond donors (Lipinski definition) is 2. The van der Waals surface area contributed by atoms with Crippen molar-refractivity contribution in [2.24, 2.45) is 0 Å². The van der Waals surface area contributed by atoms with Crippen LogP contribution in [0.5, 0.6) is 5.75 Å². The summed E-state index contributed by atoms with van der Waals surface area (Å²) >= 11 is 5.82. The van der Waals surface area contributed by atoms with Gasteiger partial charge in [-0.25, -0.2) is 4.98 Å². The zero-order valence-corrected chi connectivity index (χ0v) is 10.9. The van der Waals surface area contributed by atoms with E-state index >= 15 is 0 Å². The largest absolute Gasteiger partial charge is 0.506 e. The SMILES string of the molecule is CCc1cnc(CNCc2ccc(O)c(Cl)c2)o1. The third-order valence-corrected chi connectivity index (χ3v) is 2.87. The smallest absolute Gasteiger partial charge is 0.208 e. The first-order chi connectivity index (χ1) is 8.69. The Labute approximate surface area is 111 Å². The maximum Gasteiger partial charge on any atom is 0.208 e. The highest BCUT2D eigenvalue weighted by molar-refractivity contribution is 6.32. The van der Waals surface area contributed by atoms with Crippen molar-refractivity contribution in [1.29, 1.82) is 0 Å². The van der Waals surface area contributed by atoms with Gasteiger partial charge in [0.1, 0.15) is 11.5 Å². The zero-order chi connectivity index (χ0) is 13.0. The fourth-order valence-electron chi connectivity index (χ4n) is 1.57. The van der Waals surface area contributed by atoms with Crippen molar-refractivity contribution >= 4 is 11.6 Å². The van der Waals surface area contributed by atoms with Crippen LogP contribution in [-0.4, -0.2) is 10.1 Å². The van der Waals surface area contributed by atoms with Crippen LogP contribution in [0.2, 0.25) is 5.02 Å². The first kappa shape index (κ1) is 12.9. The molecule has 0 saturated heterocycles. The standard InChI is InChI=1S/C13H15ClN2O2/c1-2-10-7-16-13(18-10)8-15-6-9-3-4-12(17)11(14)5-9/h3-5,7,15,17H,2,6,8H2,1H3.